The van der Waals surface area contributed by atoms with Crippen molar-refractivity contribution < 1.29 is 4.79 Å². The predicted octanol–water partition coefficient (Wildman–Crippen LogP) is 1.95. The fourth-order valence-electron chi connectivity index (χ4n) is 2.53. The van der Waals surface area contributed by atoms with E-state index in [0.29, 0.717) is 19.5 Å². The maximum absolute atomic E-state index is 12.6. The van der Waals surface area contributed by atoms with Gasteiger partial charge in [-0.25, -0.2) is 4.79 Å². The SMILES string of the molecule is CCCCC(=O)N(CC(C)C)c1c(N)n(CC(C)C)c(=O)[nH]c1=O. The summed E-state index contributed by atoms with van der Waals surface area (Å²) < 4.78 is 1.34. The second-order valence-electron chi connectivity index (χ2n) is 7.00. The topological polar surface area (TPSA) is 101 Å². The highest BCUT2D eigenvalue weighted by molar-refractivity contribution is 5.95. The molecular formula is C17H30N4O3. The van der Waals surface area contributed by atoms with E-state index in [-0.39, 0.29) is 29.2 Å². The fraction of sp³-hybridized carbons (Fsp3) is 0.706. The minimum atomic E-state index is -0.608. The van der Waals surface area contributed by atoms with E-state index in [1.807, 2.05) is 34.6 Å². The first-order valence-electron chi connectivity index (χ1n) is 8.61. The number of carbonyl (C=O) groups excluding carboxylic acids is 1. The quantitative estimate of drug-likeness (QED) is 0.756. The van der Waals surface area contributed by atoms with Gasteiger partial charge < -0.3 is 10.6 Å². The number of nitrogen functional groups attached to an aromatic ring is 1. The van der Waals surface area contributed by atoms with Gasteiger partial charge in [-0.15, -0.1) is 0 Å². The summed E-state index contributed by atoms with van der Waals surface area (Å²) in [5.74, 6) is 0.262. The van der Waals surface area contributed by atoms with E-state index in [4.69, 9.17) is 5.73 Å². The van der Waals surface area contributed by atoms with Crippen molar-refractivity contribution in [2.24, 2.45) is 11.8 Å². The Morgan fingerprint density at radius 3 is 2.33 bits per heavy atom. The van der Waals surface area contributed by atoms with Crippen LogP contribution in [0.5, 0.6) is 0 Å². The highest BCUT2D eigenvalue weighted by Crippen LogP contribution is 2.20. The lowest BCUT2D eigenvalue weighted by molar-refractivity contribution is -0.118. The molecular weight excluding hydrogens is 308 g/mol. The number of rotatable bonds is 8. The Labute approximate surface area is 142 Å². The molecule has 0 saturated carbocycles. The highest BCUT2D eigenvalue weighted by atomic mass is 16.2. The van der Waals surface area contributed by atoms with Crippen LogP contribution in [0.15, 0.2) is 9.59 Å². The van der Waals surface area contributed by atoms with Crippen LogP contribution in [-0.4, -0.2) is 22.0 Å². The zero-order valence-electron chi connectivity index (χ0n) is 15.4. The van der Waals surface area contributed by atoms with Crippen LogP contribution in [0.25, 0.3) is 0 Å². The monoisotopic (exact) mass is 338 g/mol. The average molecular weight is 338 g/mol. The zero-order valence-corrected chi connectivity index (χ0v) is 15.4. The van der Waals surface area contributed by atoms with Gasteiger partial charge in [0.25, 0.3) is 5.56 Å². The predicted molar refractivity (Wildman–Crippen MR) is 97.3 cm³/mol. The van der Waals surface area contributed by atoms with Gasteiger partial charge in [-0.1, -0.05) is 41.0 Å². The van der Waals surface area contributed by atoms with E-state index in [1.54, 1.807) is 0 Å². The average Bonchev–Trinajstić information content (AvgIpc) is 2.47. The van der Waals surface area contributed by atoms with E-state index < -0.39 is 11.2 Å². The van der Waals surface area contributed by atoms with E-state index >= 15 is 0 Å². The fourth-order valence-corrected chi connectivity index (χ4v) is 2.53. The third-order valence-electron chi connectivity index (χ3n) is 3.62. The molecule has 1 heterocycles. The number of carbonyl (C=O) groups is 1. The standard InChI is InChI=1S/C17H30N4O3/c1-6-7-8-13(22)20(9-11(2)3)14-15(18)21(10-12(4)5)17(24)19-16(14)23/h11-12H,6-10,18H2,1-5H3,(H,19,23,24). The van der Waals surface area contributed by atoms with Crippen LogP contribution >= 0.6 is 0 Å². The van der Waals surface area contributed by atoms with Crippen molar-refractivity contribution in [1.82, 2.24) is 9.55 Å². The van der Waals surface area contributed by atoms with Crippen molar-refractivity contribution in [3.63, 3.8) is 0 Å². The van der Waals surface area contributed by atoms with Crippen molar-refractivity contribution >= 4 is 17.4 Å². The normalized spacial score (nSPS) is 11.3. The molecule has 0 spiro atoms. The molecule has 7 nitrogen and oxygen atoms in total. The van der Waals surface area contributed by atoms with E-state index in [0.717, 1.165) is 12.8 Å². The van der Waals surface area contributed by atoms with Crippen molar-refractivity contribution in [2.75, 3.05) is 17.2 Å². The second-order valence-corrected chi connectivity index (χ2v) is 7.00. The second kappa shape index (κ2) is 8.70. The lowest BCUT2D eigenvalue weighted by Gasteiger charge is -2.26. The Morgan fingerprint density at radius 2 is 1.83 bits per heavy atom. The van der Waals surface area contributed by atoms with Crippen LogP contribution in [0.4, 0.5) is 11.5 Å². The number of nitrogens with two attached hydrogens (primary N) is 1. The number of aromatic amines is 1. The lowest BCUT2D eigenvalue weighted by atomic mass is 10.1. The first-order valence-corrected chi connectivity index (χ1v) is 8.61. The summed E-state index contributed by atoms with van der Waals surface area (Å²) in [4.78, 5) is 40.7. The minimum absolute atomic E-state index is 0.0583. The van der Waals surface area contributed by atoms with Crippen LogP contribution in [0, 0.1) is 11.8 Å². The number of anilines is 2. The van der Waals surface area contributed by atoms with Crippen molar-refractivity contribution in [3.05, 3.63) is 20.8 Å². The first-order chi connectivity index (χ1) is 11.2. The van der Waals surface area contributed by atoms with Crippen molar-refractivity contribution in [2.45, 2.75) is 60.4 Å². The van der Waals surface area contributed by atoms with E-state index in [9.17, 15) is 14.4 Å². The molecule has 24 heavy (non-hydrogen) atoms. The molecule has 0 saturated heterocycles. The first kappa shape index (κ1) is 20.0. The Kier molecular flexibility index (Phi) is 7.25. The molecule has 0 aliphatic carbocycles. The summed E-state index contributed by atoms with van der Waals surface area (Å²) in [5, 5.41) is 0. The Hall–Kier alpha value is -2.05. The minimum Gasteiger partial charge on any atom is -0.383 e. The van der Waals surface area contributed by atoms with Gasteiger partial charge in [0.15, 0.2) is 5.69 Å². The Morgan fingerprint density at radius 1 is 1.21 bits per heavy atom. The van der Waals surface area contributed by atoms with Crippen LogP contribution in [0.1, 0.15) is 53.9 Å². The van der Waals surface area contributed by atoms with Crippen LogP contribution in [0.3, 0.4) is 0 Å². The highest BCUT2D eigenvalue weighted by Gasteiger charge is 2.24. The third kappa shape index (κ3) is 4.97. The summed E-state index contributed by atoms with van der Waals surface area (Å²) in [6.45, 7) is 10.6. The molecule has 1 rings (SSSR count). The summed E-state index contributed by atoms with van der Waals surface area (Å²) >= 11 is 0. The third-order valence-corrected chi connectivity index (χ3v) is 3.62. The molecule has 7 heteroatoms. The van der Waals surface area contributed by atoms with Gasteiger partial charge in [0, 0.05) is 19.5 Å². The summed E-state index contributed by atoms with van der Waals surface area (Å²) in [6, 6.07) is 0. The molecule has 3 N–H and O–H groups in total. The van der Waals surface area contributed by atoms with Gasteiger partial charge in [0.2, 0.25) is 5.91 Å². The molecule has 0 fully saturated rings. The number of hydrogen-bond donors (Lipinski definition) is 2. The summed E-state index contributed by atoms with van der Waals surface area (Å²) in [6.07, 6.45) is 1.99. The largest absolute Gasteiger partial charge is 0.383 e. The molecule has 136 valence electrons. The molecule has 0 atom stereocenters. The number of unbranched alkanes of at least 4 members (excludes halogenated alkanes) is 1. The van der Waals surface area contributed by atoms with Crippen LogP contribution in [0.2, 0.25) is 0 Å². The summed E-state index contributed by atoms with van der Waals surface area (Å²) in [7, 11) is 0. The lowest BCUT2D eigenvalue weighted by Crippen LogP contribution is -2.43. The molecule has 1 amide bonds. The smallest absolute Gasteiger partial charge is 0.330 e. The zero-order chi connectivity index (χ0) is 18.4. The maximum Gasteiger partial charge on any atom is 0.330 e. The number of nitrogens with one attached hydrogen (secondary N) is 1. The number of aromatic nitrogens is 2. The van der Waals surface area contributed by atoms with E-state index in [1.165, 1.54) is 9.47 Å². The maximum atomic E-state index is 12.6. The van der Waals surface area contributed by atoms with Crippen molar-refractivity contribution in [1.29, 1.82) is 0 Å². The molecule has 1 aromatic heterocycles. The molecule has 0 aromatic carbocycles. The van der Waals surface area contributed by atoms with Crippen LogP contribution in [-0.2, 0) is 11.3 Å². The van der Waals surface area contributed by atoms with Gasteiger partial charge in [-0.3, -0.25) is 19.1 Å². The van der Waals surface area contributed by atoms with Gasteiger partial charge in [-0.05, 0) is 18.3 Å². The summed E-state index contributed by atoms with van der Waals surface area (Å²) in [5.41, 5.74) is 5.06. The molecule has 0 aliphatic heterocycles. The number of nitrogens with zero attached hydrogens (tertiary/aromatic N) is 2. The Balaban J connectivity index is 3.43. The van der Waals surface area contributed by atoms with E-state index in [2.05, 4.69) is 4.98 Å². The van der Waals surface area contributed by atoms with Crippen molar-refractivity contribution in [3.8, 4) is 0 Å². The number of H-pyrrole nitrogens is 1. The van der Waals surface area contributed by atoms with Gasteiger partial charge in [0.05, 0.1) is 0 Å². The van der Waals surface area contributed by atoms with Crippen LogP contribution < -0.4 is 21.9 Å². The Bertz CT molecular complexity index is 673. The van der Waals surface area contributed by atoms with Gasteiger partial charge in [-0.2, -0.15) is 0 Å². The number of hydrogen-bond acceptors (Lipinski definition) is 4. The van der Waals surface area contributed by atoms with Gasteiger partial charge >= 0.3 is 5.69 Å². The molecule has 0 unspecified atom stereocenters. The van der Waals surface area contributed by atoms with Gasteiger partial charge in [0.1, 0.15) is 5.82 Å². The molecule has 0 radical (unpaired) electrons. The molecule has 1 aromatic rings. The molecule has 0 bridgehead atoms. The molecule has 0 aliphatic rings. The number of amides is 1.